The summed E-state index contributed by atoms with van der Waals surface area (Å²) in [5.74, 6) is -1.30. The number of hydrogen-bond acceptors (Lipinski definition) is 3. The first-order valence-electron chi connectivity index (χ1n) is 7.76. The predicted octanol–water partition coefficient (Wildman–Crippen LogP) is 2.34. The Bertz CT molecular complexity index is 300. The zero-order valence-corrected chi connectivity index (χ0v) is 12.4. The van der Waals surface area contributed by atoms with Gasteiger partial charge in [0.1, 0.15) is 6.04 Å². The Kier molecular flexibility index (Phi) is 8.26. The SMILES string of the molecule is CCCCCCCC[C@@H](NC(=O)[C@H]1CCOC1)C(=O)O. The van der Waals surface area contributed by atoms with Gasteiger partial charge >= 0.3 is 5.97 Å². The van der Waals surface area contributed by atoms with E-state index >= 15 is 0 Å². The fraction of sp³-hybridized carbons (Fsp3) is 0.867. The Labute approximate surface area is 121 Å². The Morgan fingerprint density at radius 1 is 1.25 bits per heavy atom. The van der Waals surface area contributed by atoms with Crippen molar-refractivity contribution in [3.8, 4) is 0 Å². The smallest absolute Gasteiger partial charge is 0.326 e. The van der Waals surface area contributed by atoms with Gasteiger partial charge in [-0.15, -0.1) is 0 Å². The molecular weight excluding hydrogens is 258 g/mol. The van der Waals surface area contributed by atoms with Crippen molar-refractivity contribution in [3.63, 3.8) is 0 Å². The minimum absolute atomic E-state index is 0.179. The largest absolute Gasteiger partial charge is 0.480 e. The molecule has 0 radical (unpaired) electrons. The molecule has 0 aromatic rings. The van der Waals surface area contributed by atoms with Crippen molar-refractivity contribution >= 4 is 11.9 Å². The van der Waals surface area contributed by atoms with Gasteiger partial charge < -0.3 is 15.2 Å². The van der Waals surface area contributed by atoms with E-state index in [1.807, 2.05) is 0 Å². The Morgan fingerprint density at radius 2 is 1.95 bits per heavy atom. The monoisotopic (exact) mass is 285 g/mol. The number of amides is 1. The molecule has 1 aliphatic rings. The standard InChI is InChI=1S/C15H27NO4/c1-2-3-4-5-6-7-8-13(15(18)19)16-14(17)12-9-10-20-11-12/h12-13H,2-11H2,1H3,(H,16,17)(H,18,19)/t12-,13+/m0/s1. The van der Waals surface area contributed by atoms with E-state index in [9.17, 15) is 9.59 Å². The van der Waals surface area contributed by atoms with Crippen molar-refractivity contribution in [2.24, 2.45) is 5.92 Å². The van der Waals surface area contributed by atoms with Gasteiger partial charge in [0.05, 0.1) is 12.5 Å². The lowest BCUT2D eigenvalue weighted by molar-refractivity contribution is -0.142. The molecule has 2 atom stereocenters. The lowest BCUT2D eigenvalue weighted by atomic mass is 10.0. The van der Waals surface area contributed by atoms with E-state index in [1.54, 1.807) is 0 Å². The number of unbranched alkanes of at least 4 members (excludes halogenated alkanes) is 5. The topological polar surface area (TPSA) is 75.6 Å². The van der Waals surface area contributed by atoms with Gasteiger partial charge in [-0.3, -0.25) is 4.79 Å². The fourth-order valence-corrected chi connectivity index (χ4v) is 2.42. The highest BCUT2D eigenvalue weighted by Crippen LogP contribution is 2.14. The molecule has 2 N–H and O–H groups in total. The van der Waals surface area contributed by atoms with Gasteiger partial charge in [-0.2, -0.15) is 0 Å². The number of carbonyl (C=O) groups excluding carboxylic acids is 1. The number of rotatable bonds is 10. The van der Waals surface area contributed by atoms with E-state index in [1.165, 1.54) is 19.3 Å². The first-order valence-corrected chi connectivity index (χ1v) is 7.76. The van der Waals surface area contributed by atoms with Gasteiger partial charge in [-0.1, -0.05) is 45.4 Å². The quantitative estimate of drug-likeness (QED) is 0.604. The van der Waals surface area contributed by atoms with Crippen LogP contribution in [0.15, 0.2) is 0 Å². The third-order valence-electron chi connectivity index (χ3n) is 3.76. The molecule has 0 aromatic carbocycles. The number of carbonyl (C=O) groups is 2. The van der Waals surface area contributed by atoms with Crippen LogP contribution in [0.1, 0.15) is 58.3 Å². The van der Waals surface area contributed by atoms with Crippen LogP contribution in [0.2, 0.25) is 0 Å². The summed E-state index contributed by atoms with van der Waals surface area (Å²) in [4.78, 5) is 23.0. The van der Waals surface area contributed by atoms with Gasteiger partial charge in [0, 0.05) is 6.61 Å². The molecule has 0 spiro atoms. The van der Waals surface area contributed by atoms with Crippen LogP contribution < -0.4 is 5.32 Å². The highest BCUT2D eigenvalue weighted by molar-refractivity contribution is 5.85. The van der Waals surface area contributed by atoms with Crippen LogP contribution in [0.3, 0.4) is 0 Å². The number of aliphatic carboxylic acids is 1. The molecule has 1 amide bonds. The molecule has 1 saturated heterocycles. The average Bonchev–Trinajstić information content (AvgIpc) is 2.95. The second kappa shape index (κ2) is 9.75. The molecule has 0 saturated carbocycles. The predicted molar refractivity (Wildman–Crippen MR) is 76.5 cm³/mol. The second-order valence-electron chi connectivity index (χ2n) is 5.52. The highest BCUT2D eigenvalue weighted by Gasteiger charge is 2.27. The van der Waals surface area contributed by atoms with E-state index in [0.717, 1.165) is 19.3 Å². The maximum atomic E-state index is 11.9. The van der Waals surface area contributed by atoms with E-state index in [4.69, 9.17) is 9.84 Å². The zero-order valence-electron chi connectivity index (χ0n) is 12.4. The molecule has 1 rings (SSSR count). The third-order valence-corrected chi connectivity index (χ3v) is 3.76. The summed E-state index contributed by atoms with van der Waals surface area (Å²) in [5.41, 5.74) is 0. The van der Waals surface area contributed by atoms with Gasteiger partial charge in [-0.05, 0) is 12.8 Å². The van der Waals surface area contributed by atoms with Crippen LogP contribution >= 0.6 is 0 Å². The minimum atomic E-state index is -0.939. The fourth-order valence-electron chi connectivity index (χ4n) is 2.42. The molecule has 1 aliphatic heterocycles. The second-order valence-corrected chi connectivity index (χ2v) is 5.52. The summed E-state index contributed by atoms with van der Waals surface area (Å²) in [5, 5.41) is 11.8. The van der Waals surface area contributed by atoms with Gasteiger partial charge in [0.25, 0.3) is 0 Å². The summed E-state index contributed by atoms with van der Waals surface area (Å²) in [6.07, 6.45) is 7.88. The number of hydrogen-bond donors (Lipinski definition) is 2. The molecule has 0 aromatic heterocycles. The van der Waals surface area contributed by atoms with Crippen molar-refractivity contribution in [1.82, 2.24) is 5.32 Å². The Balaban J connectivity index is 2.22. The average molecular weight is 285 g/mol. The summed E-state index contributed by atoms with van der Waals surface area (Å²) in [6, 6.07) is -0.755. The number of carboxylic acids is 1. The number of ether oxygens (including phenoxy) is 1. The van der Waals surface area contributed by atoms with Crippen LogP contribution in [-0.4, -0.2) is 36.2 Å². The van der Waals surface area contributed by atoms with Gasteiger partial charge in [0.2, 0.25) is 5.91 Å². The van der Waals surface area contributed by atoms with Crippen molar-refractivity contribution in [1.29, 1.82) is 0 Å². The maximum absolute atomic E-state index is 11.9. The molecular formula is C15H27NO4. The van der Waals surface area contributed by atoms with Crippen molar-refractivity contribution in [3.05, 3.63) is 0 Å². The molecule has 1 fully saturated rings. The zero-order chi connectivity index (χ0) is 14.8. The highest BCUT2D eigenvalue weighted by atomic mass is 16.5. The summed E-state index contributed by atoms with van der Waals surface area (Å²) < 4.78 is 5.15. The van der Waals surface area contributed by atoms with Crippen LogP contribution in [0.25, 0.3) is 0 Å². The van der Waals surface area contributed by atoms with E-state index in [0.29, 0.717) is 26.1 Å². The van der Waals surface area contributed by atoms with Crippen molar-refractivity contribution in [2.45, 2.75) is 64.3 Å². The maximum Gasteiger partial charge on any atom is 0.326 e. The number of carboxylic acid groups (broad SMARTS) is 1. The van der Waals surface area contributed by atoms with Crippen LogP contribution in [0, 0.1) is 5.92 Å². The summed E-state index contributed by atoms with van der Waals surface area (Å²) in [7, 11) is 0. The molecule has 5 heteroatoms. The van der Waals surface area contributed by atoms with E-state index < -0.39 is 12.0 Å². The van der Waals surface area contributed by atoms with Crippen LogP contribution in [0.5, 0.6) is 0 Å². The summed E-state index contributed by atoms with van der Waals surface area (Å²) in [6.45, 7) is 3.17. The minimum Gasteiger partial charge on any atom is -0.480 e. The Morgan fingerprint density at radius 3 is 2.55 bits per heavy atom. The van der Waals surface area contributed by atoms with E-state index in [-0.39, 0.29) is 11.8 Å². The summed E-state index contributed by atoms with van der Waals surface area (Å²) >= 11 is 0. The lowest BCUT2D eigenvalue weighted by Crippen LogP contribution is -2.43. The molecule has 1 heterocycles. The number of nitrogens with one attached hydrogen (secondary N) is 1. The molecule has 5 nitrogen and oxygen atoms in total. The normalized spacial score (nSPS) is 19.8. The molecule has 20 heavy (non-hydrogen) atoms. The van der Waals surface area contributed by atoms with Crippen molar-refractivity contribution in [2.75, 3.05) is 13.2 Å². The molecule has 0 bridgehead atoms. The lowest BCUT2D eigenvalue weighted by Gasteiger charge is -2.16. The van der Waals surface area contributed by atoms with Crippen molar-refractivity contribution < 1.29 is 19.4 Å². The third kappa shape index (κ3) is 6.37. The van der Waals surface area contributed by atoms with Crippen LogP contribution in [-0.2, 0) is 14.3 Å². The molecule has 0 aliphatic carbocycles. The van der Waals surface area contributed by atoms with Gasteiger partial charge in [-0.25, -0.2) is 4.79 Å². The van der Waals surface area contributed by atoms with Crippen LogP contribution in [0.4, 0.5) is 0 Å². The first-order chi connectivity index (χ1) is 9.65. The Hall–Kier alpha value is -1.10. The van der Waals surface area contributed by atoms with E-state index in [2.05, 4.69) is 12.2 Å². The molecule has 0 unspecified atom stereocenters. The van der Waals surface area contributed by atoms with Gasteiger partial charge in [0.15, 0.2) is 0 Å². The first kappa shape index (κ1) is 17.0. The molecule has 116 valence electrons.